The van der Waals surface area contributed by atoms with Crippen LogP contribution in [0.5, 0.6) is 0 Å². The summed E-state index contributed by atoms with van der Waals surface area (Å²) in [4.78, 5) is 14.1. The van der Waals surface area contributed by atoms with Crippen molar-refractivity contribution in [3.8, 4) is 0 Å². The lowest BCUT2D eigenvalue weighted by atomic mass is 10.2. The number of benzene rings is 1. The zero-order valence-corrected chi connectivity index (χ0v) is 12.0. The van der Waals surface area contributed by atoms with Gasteiger partial charge in [0, 0.05) is 21.7 Å². The first-order chi connectivity index (χ1) is 7.59. The summed E-state index contributed by atoms with van der Waals surface area (Å²) in [6.45, 7) is 2.96. The molecule has 0 spiro atoms. The summed E-state index contributed by atoms with van der Waals surface area (Å²) in [5.74, 6) is 0.100. The van der Waals surface area contributed by atoms with E-state index in [4.69, 9.17) is 11.6 Å². The average molecular weight is 350 g/mol. The number of halogens is 2. The van der Waals surface area contributed by atoms with Gasteiger partial charge in [0.05, 0.1) is 5.02 Å². The molecule has 0 saturated carbocycles. The van der Waals surface area contributed by atoms with Gasteiger partial charge in [0.1, 0.15) is 0 Å². The summed E-state index contributed by atoms with van der Waals surface area (Å²) < 4.78 is 0.977. The Balaban J connectivity index is 2.23. The maximum Gasteiger partial charge on any atom is 0.254 e. The Morgan fingerprint density at radius 3 is 2.88 bits per heavy atom. The molecule has 86 valence electrons. The molecule has 1 heterocycles. The molecule has 1 atom stereocenters. The van der Waals surface area contributed by atoms with Gasteiger partial charge in [0.15, 0.2) is 0 Å². The zero-order valence-electron chi connectivity index (χ0n) is 9.04. The lowest BCUT2D eigenvalue weighted by molar-refractivity contribution is 0.0747. The van der Waals surface area contributed by atoms with Crippen molar-refractivity contribution in [3.05, 3.63) is 32.4 Å². The van der Waals surface area contributed by atoms with Crippen molar-refractivity contribution in [1.29, 1.82) is 0 Å². The molecule has 1 aliphatic rings. The van der Waals surface area contributed by atoms with Crippen LogP contribution in [0.1, 0.15) is 30.1 Å². The molecule has 1 unspecified atom stereocenters. The smallest absolute Gasteiger partial charge is 0.254 e. The van der Waals surface area contributed by atoms with Gasteiger partial charge in [-0.3, -0.25) is 4.79 Å². The maximum atomic E-state index is 12.2. The van der Waals surface area contributed by atoms with Gasteiger partial charge in [-0.05, 0) is 60.6 Å². The predicted molar refractivity (Wildman–Crippen MR) is 73.9 cm³/mol. The van der Waals surface area contributed by atoms with Gasteiger partial charge in [-0.2, -0.15) is 0 Å². The van der Waals surface area contributed by atoms with Crippen LogP contribution in [0, 0.1) is 3.57 Å². The minimum Gasteiger partial charge on any atom is -0.336 e. The molecule has 0 aromatic heterocycles. The van der Waals surface area contributed by atoms with Crippen LogP contribution < -0.4 is 0 Å². The molecule has 1 aromatic rings. The largest absolute Gasteiger partial charge is 0.336 e. The standard InChI is InChI=1S/C12H13ClINO/c1-8-3-2-6-15(8)12(16)9-4-5-11(14)10(13)7-9/h4-5,7-8H,2-3,6H2,1H3. The molecule has 2 nitrogen and oxygen atoms in total. The molecule has 1 aromatic carbocycles. The summed E-state index contributed by atoms with van der Waals surface area (Å²) in [6, 6.07) is 5.85. The van der Waals surface area contributed by atoms with Crippen molar-refractivity contribution in [2.24, 2.45) is 0 Å². The van der Waals surface area contributed by atoms with Crippen molar-refractivity contribution in [3.63, 3.8) is 0 Å². The molecule has 16 heavy (non-hydrogen) atoms. The second-order valence-corrected chi connectivity index (χ2v) is 5.69. The third kappa shape index (κ3) is 2.35. The molecule has 0 N–H and O–H groups in total. The van der Waals surface area contributed by atoms with E-state index in [1.165, 1.54) is 0 Å². The van der Waals surface area contributed by atoms with E-state index >= 15 is 0 Å². The van der Waals surface area contributed by atoms with Gasteiger partial charge < -0.3 is 4.90 Å². The highest BCUT2D eigenvalue weighted by atomic mass is 127. The average Bonchev–Trinajstić information content (AvgIpc) is 2.67. The van der Waals surface area contributed by atoms with Gasteiger partial charge in [-0.15, -0.1) is 0 Å². The topological polar surface area (TPSA) is 20.3 Å². The van der Waals surface area contributed by atoms with Crippen LogP contribution in [-0.2, 0) is 0 Å². The van der Waals surface area contributed by atoms with Crippen LogP contribution in [-0.4, -0.2) is 23.4 Å². The Bertz CT molecular complexity index is 421. The van der Waals surface area contributed by atoms with Gasteiger partial charge in [-0.25, -0.2) is 0 Å². The molecule has 1 fully saturated rings. The van der Waals surface area contributed by atoms with E-state index in [2.05, 4.69) is 29.5 Å². The first-order valence-electron chi connectivity index (χ1n) is 5.35. The Labute approximate surface area is 114 Å². The van der Waals surface area contributed by atoms with E-state index in [-0.39, 0.29) is 5.91 Å². The second kappa shape index (κ2) is 4.92. The molecule has 4 heteroatoms. The fourth-order valence-corrected chi connectivity index (χ4v) is 2.55. The lowest BCUT2D eigenvalue weighted by Crippen LogP contribution is -2.33. The minimum atomic E-state index is 0.100. The van der Waals surface area contributed by atoms with Crippen molar-refractivity contribution >= 4 is 40.1 Å². The Morgan fingerprint density at radius 2 is 2.31 bits per heavy atom. The van der Waals surface area contributed by atoms with E-state index in [9.17, 15) is 4.79 Å². The van der Waals surface area contributed by atoms with Crippen molar-refractivity contribution in [2.45, 2.75) is 25.8 Å². The summed E-state index contributed by atoms with van der Waals surface area (Å²) in [7, 11) is 0. The Hall–Kier alpha value is -0.290. The van der Waals surface area contributed by atoms with Gasteiger partial charge >= 0.3 is 0 Å². The van der Waals surface area contributed by atoms with Crippen LogP contribution in [0.3, 0.4) is 0 Å². The second-order valence-electron chi connectivity index (χ2n) is 4.12. The molecule has 1 saturated heterocycles. The van der Waals surface area contributed by atoms with Crippen LogP contribution in [0.15, 0.2) is 18.2 Å². The monoisotopic (exact) mass is 349 g/mol. The van der Waals surface area contributed by atoms with Crippen molar-refractivity contribution in [2.75, 3.05) is 6.54 Å². The molecule has 2 rings (SSSR count). The van der Waals surface area contributed by atoms with Crippen molar-refractivity contribution < 1.29 is 4.79 Å². The number of hydrogen-bond acceptors (Lipinski definition) is 1. The Morgan fingerprint density at radius 1 is 1.56 bits per heavy atom. The van der Waals surface area contributed by atoms with Crippen molar-refractivity contribution in [1.82, 2.24) is 4.90 Å². The number of rotatable bonds is 1. The molecule has 0 bridgehead atoms. The molecular formula is C12H13ClINO. The maximum absolute atomic E-state index is 12.2. The molecule has 1 aliphatic heterocycles. The van der Waals surface area contributed by atoms with E-state index in [0.29, 0.717) is 16.6 Å². The highest BCUT2D eigenvalue weighted by Gasteiger charge is 2.26. The fraction of sp³-hybridized carbons (Fsp3) is 0.417. The highest BCUT2D eigenvalue weighted by molar-refractivity contribution is 14.1. The van der Waals surface area contributed by atoms with Crippen LogP contribution in [0.2, 0.25) is 5.02 Å². The molecule has 0 aliphatic carbocycles. The highest BCUT2D eigenvalue weighted by Crippen LogP contribution is 2.23. The van der Waals surface area contributed by atoms with Crippen LogP contribution in [0.4, 0.5) is 0 Å². The quantitative estimate of drug-likeness (QED) is 0.710. The van der Waals surface area contributed by atoms with Gasteiger partial charge in [-0.1, -0.05) is 11.6 Å². The Kier molecular flexibility index (Phi) is 3.74. The first kappa shape index (κ1) is 12.2. The third-order valence-corrected chi connectivity index (χ3v) is 4.55. The third-order valence-electron chi connectivity index (χ3n) is 2.98. The lowest BCUT2D eigenvalue weighted by Gasteiger charge is -2.21. The van der Waals surface area contributed by atoms with Crippen LogP contribution in [0.25, 0.3) is 0 Å². The van der Waals surface area contributed by atoms with Gasteiger partial charge in [0.2, 0.25) is 0 Å². The van der Waals surface area contributed by atoms with Crippen LogP contribution >= 0.6 is 34.2 Å². The number of carbonyl (C=O) groups excluding carboxylic acids is 1. The van der Waals surface area contributed by atoms with E-state index in [1.807, 2.05) is 17.0 Å². The van der Waals surface area contributed by atoms with Gasteiger partial charge in [0.25, 0.3) is 5.91 Å². The molecule has 1 amide bonds. The minimum absolute atomic E-state index is 0.100. The van der Waals surface area contributed by atoms with E-state index in [1.54, 1.807) is 6.07 Å². The first-order valence-corrected chi connectivity index (χ1v) is 6.81. The molecular weight excluding hydrogens is 336 g/mol. The zero-order chi connectivity index (χ0) is 11.7. The number of amides is 1. The summed E-state index contributed by atoms with van der Waals surface area (Å²) in [5.41, 5.74) is 0.694. The normalized spacial score (nSPS) is 20.2. The van der Waals surface area contributed by atoms with E-state index in [0.717, 1.165) is 23.0 Å². The fourth-order valence-electron chi connectivity index (χ4n) is 2.03. The number of carbonyl (C=O) groups is 1. The summed E-state index contributed by atoms with van der Waals surface area (Å²) >= 11 is 8.18. The van der Waals surface area contributed by atoms with E-state index < -0.39 is 0 Å². The summed E-state index contributed by atoms with van der Waals surface area (Å²) in [6.07, 6.45) is 2.20. The number of nitrogens with zero attached hydrogens (tertiary/aromatic N) is 1. The summed E-state index contributed by atoms with van der Waals surface area (Å²) in [5, 5.41) is 0.651. The predicted octanol–water partition coefficient (Wildman–Crippen LogP) is 3.57. The number of hydrogen-bond donors (Lipinski definition) is 0. The number of likely N-dealkylation sites (tertiary alicyclic amines) is 1. The molecule has 0 radical (unpaired) electrons. The SMILES string of the molecule is CC1CCCN1C(=O)c1ccc(I)c(Cl)c1.